The fraction of sp³-hybridized carbons (Fsp3) is 0.600. The Labute approximate surface area is 110 Å². The van der Waals surface area contributed by atoms with Crippen molar-refractivity contribution in [3.63, 3.8) is 0 Å². The first-order valence-corrected chi connectivity index (χ1v) is 7.03. The van der Waals surface area contributed by atoms with Crippen LogP contribution in [0.15, 0.2) is 24.3 Å². The largest absolute Gasteiger partial charge is 0.381 e. The maximum Gasteiger partial charge on any atom is 0.0466 e. The third-order valence-electron chi connectivity index (χ3n) is 2.81. The number of hydrogen-bond acceptors (Lipinski definition) is 1. The predicted octanol–water partition coefficient (Wildman–Crippen LogP) is 4.87. The molecule has 0 aliphatic heterocycles. The van der Waals surface area contributed by atoms with Crippen LogP contribution in [0.2, 0.25) is 5.02 Å². The molecule has 0 fully saturated rings. The van der Waals surface area contributed by atoms with Crippen molar-refractivity contribution in [2.45, 2.75) is 45.4 Å². The Kier molecular flexibility index (Phi) is 8.12. The highest BCUT2D eigenvalue weighted by atomic mass is 35.5. The summed E-state index contributed by atoms with van der Waals surface area (Å²) in [4.78, 5) is 0. The summed E-state index contributed by atoms with van der Waals surface area (Å²) < 4.78 is 5.57. The Morgan fingerprint density at radius 1 is 0.941 bits per heavy atom. The highest BCUT2D eigenvalue weighted by molar-refractivity contribution is 6.30. The minimum absolute atomic E-state index is 0.813. The first kappa shape index (κ1) is 14.5. The van der Waals surface area contributed by atoms with E-state index in [-0.39, 0.29) is 0 Å². The molecule has 2 heteroatoms. The van der Waals surface area contributed by atoms with E-state index in [0.717, 1.165) is 31.1 Å². The van der Waals surface area contributed by atoms with Gasteiger partial charge in [-0.15, -0.1) is 0 Å². The van der Waals surface area contributed by atoms with E-state index >= 15 is 0 Å². The van der Waals surface area contributed by atoms with Gasteiger partial charge in [0.2, 0.25) is 0 Å². The van der Waals surface area contributed by atoms with E-state index in [1.807, 2.05) is 12.1 Å². The molecular weight excluding hydrogens is 232 g/mol. The van der Waals surface area contributed by atoms with E-state index in [2.05, 4.69) is 19.1 Å². The Morgan fingerprint density at radius 3 is 2.24 bits per heavy atom. The maximum atomic E-state index is 5.84. The van der Waals surface area contributed by atoms with Gasteiger partial charge < -0.3 is 4.74 Å². The second-order valence-corrected chi connectivity index (χ2v) is 4.84. The summed E-state index contributed by atoms with van der Waals surface area (Å²) in [5, 5.41) is 0.813. The Morgan fingerprint density at radius 2 is 1.59 bits per heavy atom. The topological polar surface area (TPSA) is 9.23 Å². The van der Waals surface area contributed by atoms with Gasteiger partial charge in [0.25, 0.3) is 0 Å². The minimum atomic E-state index is 0.813. The third-order valence-corrected chi connectivity index (χ3v) is 3.06. The van der Waals surface area contributed by atoms with Gasteiger partial charge in [-0.05, 0) is 43.4 Å². The molecule has 1 rings (SSSR count). The standard InChI is InChI=1S/C15H23ClO/c1-2-3-5-12-17-13-6-4-7-14-8-10-15(16)11-9-14/h8-11H,2-7,12-13H2,1H3. The molecule has 0 heterocycles. The highest BCUT2D eigenvalue weighted by Gasteiger charge is 1.94. The zero-order valence-electron chi connectivity index (χ0n) is 10.8. The van der Waals surface area contributed by atoms with E-state index in [1.54, 1.807) is 0 Å². The second-order valence-electron chi connectivity index (χ2n) is 4.40. The average molecular weight is 255 g/mol. The molecule has 0 saturated heterocycles. The fourth-order valence-corrected chi connectivity index (χ4v) is 1.87. The van der Waals surface area contributed by atoms with Gasteiger partial charge in [-0.1, -0.05) is 43.5 Å². The van der Waals surface area contributed by atoms with Crippen LogP contribution in [0.1, 0.15) is 44.6 Å². The molecule has 0 bridgehead atoms. The van der Waals surface area contributed by atoms with Crippen molar-refractivity contribution in [3.8, 4) is 0 Å². The van der Waals surface area contributed by atoms with Gasteiger partial charge in [0.1, 0.15) is 0 Å². The summed E-state index contributed by atoms with van der Waals surface area (Å²) in [5.74, 6) is 0. The van der Waals surface area contributed by atoms with Crippen LogP contribution in [0.4, 0.5) is 0 Å². The number of rotatable bonds is 9. The molecule has 0 atom stereocenters. The van der Waals surface area contributed by atoms with Gasteiger partial charge in [-0.25, -0.2) is 0 Å². The van der Waals surface area contributed by atoms with Crippen LogP contribution < -0.4 is 0 Å². The summed E-state index contributed by atoms with van der Waals surface area (Å²) >= 11 is 5.84. The highest BCUT2D eigenvalue weighted by Crippen LogP contribution is 2.11. The van der Waals surface area contributed by atoms with Crippen LogP contribution >= 0.6 is 11.6 Å². The van der Waals surface area contributed by atoms with Gasteiger partial charge in [0, 0.05) is 18.2 Å². The normalized spacial score (nSPS) is 10.7. The Hall–Kier alpha value is -0.530. The van der Waals surface area contributed by atoms with Gasteiger partial charge in [0.15, 0.2) is 0 Å². The smallest absolute Gasteiger partial charge is 0.0466 e. The van der Waals surface area contributed by atoms with Crippen LogP contribution in [-0.4, -0.2) is 13.2 Å². The molecule has 17 heavy (non-hydrogen) atoms. The molecule has 0 aromatic heterocycles. The van der Waals surface area contributed by atoms with Gasteiger partial charge in [0.05, 0.1) is 0 Å². The summed E-state index contributed by atoms with van der Waals surface area (Å²) in [5.41, 5.74) is 1.36. The maximum absolute atomic E-state index is 5.84. The number of ether oxygens (including phenoxy) is 1. The van der Waals surface area contributed by atoms with Crippen molar-refractivity contribution in [3.05, 3.63) is 34.9 Å². The molecule has 0 aliphatic carbocycles. The number of aryl methyl sites for hydroxylation is 1. The zero-order valence-corrected chi connectivity index (χ0v) is 11.5. The molecule has 1 aromatic rings. The molecule has 0 spiro atoms. The summed E-state index contributed by atoms with van der Waals surface area (Å²) in [6, 6.07) is 8.12. The molecule has 0 aliphatic rings. The number of hydrogen-bond donors (Lipinski definition) is 0. The number of unbranched alkanes of at least 4 members (excludes halogenated alkanes) is 3. The van der Waals surface area contributed by atoms with Crippen molar-refractivity contribution >= 4 is 11.6 Å². The molecule has 0 saturated carbocycles. The van der Waals surface area contributed by atoms with Gasteiger partial charge in [-0.3, -0.25) is 0 Å². The number of benzene rings is 1. The minimum Gasteiger partial charge on any atom is -0.381 e. The van der Waals surface area contributed by atoms with Crippen molar-refractivity contribution in [1.82, 2.24) is 0 Å². The predicted molar refractivity (Wildman–Crippen MR) is 74.7 cm³/mol. The first-order valence-electron chi connectivity index (χ1n) is 6.65. The lowest BCUT2D eigenvalue weighted by atomic mass is 10.1. The zero-order chi connectivity index (χ0) is 12.3. The SMILES string of the molecule is CCCCCOCCCCc1ccc(Cl)cc1. The van der Waals surface area contributed by atoms with Crippen molar-refractivity contribution in [2.75, 3.05) is 13.2 Å². The molecule has 1 nitrogen and oxygen atoms in total. The summed E-state index contributed by atoms with van der Waals surface area (Å²) in [6.45, 7) is 4.04. The van der Waals surface area contributed by atoms with E-state index < -0.39 is 0 Å². The quantitative estimate of drug-likeness (QED) is 0.572. The molecule has 0 unspecified atom stereocenters. The second kappa shape index (κ2) is 9.49. The lowest BCUT2D eigenvalue weighted by Gasteiger charge is -2.04. The van der Waals surface area contributed by atoms with Gasteiger partial charge in [-0.2, -0.15) is 0 Å². The summed E-state index contributed by atoms with van der Waals surface area (Å²) in [7, 11) is 0. The number of halogens is 1. The monoisotopic (exact) mass is 254 g/mol. The Bertz CT molecular complexity index is 281. The van der Waals surface area contributed by atoms with Crippen LogP contribution in [0, 0.1) is 0 Å². The fourth-order valence-electron chi connectivity index (χ4n) is 1.74. The molecule has 1 aromatic carbocycles. The van der Waals surface area contributed by atoms with Crippen LogP contribution in [0.25, 0.3) is 0 Å². The molecule has 96 valence electrons. The first-order chi connectivity index (χ1) is 8.33. The van der Waals surface area contributed by atoms with Crippen LogP contribution in [-0.2, 0) is 11.2 Å². The molecule has 0 radical (unpaired) electrons. The Balaban J connectivity index is 1.95. The van der Waals surface area contributed by atoms with Crippen molar-refractivity contribution < 1.29 is 4.74 Å². The average Bonchev–Trinajstić information content (AvgIpc) is 2.35. The molecule has 0 N–H and O–H groups in total. The van der Waals surface area contributed by atoms with E-state index in [9.17, 15) is 0 Å². The van der Waals surface area contributed by atoms with Crippen LogP contribution in [0.5, 0.6) is 0 Å². The lowest BCUT2D eigenvalue weighted by molar-refractivity contribution is 0.126. The van der Waals surface area contributed by atoms with Crippen LogP contribution in [0.3, 0.4) is 0 Å². The van der Waals surface area contributed by atoms with Gasteiger partial charge >= 0.3 is 0 Å². The third kappa shape index (κ3) is 7.40. The molecular formula is C15H23ClO. The van der Waals surface area contributed by atoms with E-state index in [1.165, 1.54) is 31.2 Å². The lowest BCUT2D eigenvalue weighted by Crippen LogP contribution is -1.97. The van der Waals surface area contributed by atoms with Crippen molar-refractivity contribution in [2.24, 2.45) is 0 Å². The van der Waals surface area contributed by atoms with E-state index in [4.69, 9.17) is 16.3 Å². The molecule has 0 amide bonds. The van der Waals surface area contributed by atoms with Crippen molar-refractivity contribution in [1.29, 1.82) is 0 Å². The summed E-state index contributed by atoms with van der Waals surface area (Å²) in [6.07, 6.45) is 7.21. The van der Waals surface area contributed by atoms with E-state index in [0.29, 0.717) is 0 Å².